The molecular weight excluding hydrogens is 222 g/mol. The minimum absolute atomic E-state index is 0.216. The highest BCUT2D eigenvalue weighted by Crippen LogP contribution is 2.14. The molecule has 0 aliphatic rings. The van der Waals surface area contributed by atoms with Gasteiger partial charge >= 0.3 is 0 Å². The lowest BCUT2D eigenvalue weighted by Crippen LogP contribution is -2.35. The summed E-state index contributed by atoms with van der Waals surface area (Å²) in [5.74, 6) is -0.216. The van der Waals surface area contributed by atoms with Crippen molar-refractivity contribution in [2.75, 3.05) is 0 Å². The molecule has 1 aromatic rings. The molecule has 0 saturated heterocycles. The molecular formula is C12H17NO2S. The van der Waals surface area contributed by atoms with Gasteiger partial charge in [0.05, 0.1) is 4.90 Å². The van der Waals surface area contributed by atoms with Gasteiger partial charge in [0.15, 0.2) is 11.0 Å². The maximum absolute atomic E-state index is 11.8. The van der Waals surface area contributed by atoms with Crippen LogP contribution in [0.2, 0.25) is 0 Å². The fourth-order valence-electron chi connectivity index (χ4n) is 0.958. The van der Waals surface area contributed by atoms with E-state index in [0.717, 1.165) is 5.56 Å². The minimum atomic E-state index is -1.47. The molecule has 0 spiro atoms. The van der Waals surface area contributed by atoms with Crippen molar-refractivity contribution in [1.82, 2.24) is 4.72 Å². The number of hydrogen-bond donors (Lipinski definition) is 1. The molecule has 16 heavy (non-hydrogen) atoms. The zero-order valence-corrected chi connectivity index (χ0v) is 10.9. The predicted molar refractivity (Wildman–Crippen MR) is 65.2 cm³/mol. The Labute approximate surface area is 98.8 Å². The van der Waals surface area contributed by atoms with Crippen LogP contribution >= 0.6 is 0 Å². The van der Waals surface area contributed by atoms with Crippen molar-refractivity contribution in [2.24, 2.45) is 5.41 Å². The van der Waals surface area contributed by atoms with Gasteiger partial charge in [-0.25, -0.2) is 4.21 Å². The van der Waals surface area contributed by atoms with Gasteiger partial charge in [-0.3, -0.25) is 9.52 Å². The van der Waals surface area contributed by atoms with Crippen LogP contribution in [-0.2, 0) is 15.8 Å². The Kier molecular flexibility index (Phi) is 3.86. The molecule has 1 N–H and O–H groups in total. The van der Waals surface area contributed by atoms with Crippen LogP contribution in [0, 0.1) is 12.3 Å². The highest BCUT2D eigenvalue weighted by Gasteiger charge is 2.23. The Balaban J connectivity index is 2.74. The predicted octanol–water partition coefficient (Wildman–Crippen LogP) is 2.18. The molecule has 0 bridgehead atoms. The summed E-state index contributed by atoms with van der Waals surface area (Å²) in [7, 11) is -1.47. The third-order valence-corrected chi connectivity index (χ3v) is 3.17. The number of hydrogen-bond acceptors (Lipinski definition) is 2. The number of carbonyl (C=O) groups is 1. The molecule has 1 rings (SSSR count). The Hall–Kier alpha value is -1.16. The number of rotatable bonds is 2. The fourth-order valence-corrected chi connectivity index (χ4v) is 1.93. The Bertz CT molecular complexity index is 404. The van der Waals surface area contributed by atoms with E-state index in [2.05, 4.69) is 4.72 Å². The summed E-state index contributed by atoms with van der Waals surface area (Å²) >= 11 is 0. The first kappa shape index (κ1) is 12.9. The molecule has 1 atom stereocenters. The number of benzene rings is 1. The second kappa shape index (κ2) is 4.78. The van der Waals surface area contributed by atoms with Crippen LogP contribution in [0.3, 0.4) is 0 Å². The van der Waals surface area contributed by atoms with Crippen molar-refractivity contribution in [3.8, 4) is 0 Å². The summed E-state index contributed by atoms with van der Waals surface area (Å²) in [5.41, 5.74) is 0.572. The highest BCUT2D eigenvalue weighted by atomic mass is 32.2. The number of aryl methyl sites for hydroxylation is 1. The van der Waals surface area contributed by atoms with Gasteiger partial charge in [-0.15, -0.1) is 0 Å². The monoisotopic (exact) mass is 239 g/mol. The van der Waals surface area contributed by atoms with E-state index in [1.807, 2.05) is 19.1 Å². The van der Waals surface area contributed by atoms with E-state index in [9.17, 15) is 9.00 Å². The summed E-state index contributed by atoms with van der Waals surface area (Å²) in [5, 5.41) is 0. The largest absolute Gasteiger partial charge is 0.274 e. The molecule has 0 aliphatic carbocycles. The van der Waals surface area contributed by atoms with Crippen LogP contribution < -0.4 is 4.72 Å². The Morgan fingerprint density at radius 2 is 1.69 bits per heavy atom. The first-order chi connectivity index (χ1) is 7.30. The molecule has 88 valence electrons. The van der Waals surface area contributed by atoms with Crippen molar-refractivity contribution in [3.63, 3.8) is 0 Å². The van der Waals surface area contributed by atoms with E-state index < -0.39 is 16.4 Å². The van der Waals surface area contributed by atoms with Gasteiger partial charge in [-0.05, 0) is 19.1 Å². The van der Waals surface area contributed by atoms with E-state index in [1.165, 1.54) is 0 Å². The zero-order valence-electron chi connectivity index (χ0n) is 10.0. The van der Waals surface area contributed by atoms with Crippen molar-refractivity contribution in [2.45, 2.75) is 32.6 Å². The van der Waals surface area contributed by atoms with E-state index in [4.69, 9.17) is 0 Å². The first-order valence-corrected chi connectivity index (χ1v) is 6.25. The second-order valence-electron chi connectivity index (χ2n) is 4.76. The SMILES string of the molecule is Cc1ccc(S(=O)NC(=O)C(C)(C)C)cc1. The lowest BCUT2D eigenvalue weighted by molar-refractivity contribution is -0.126. The topological polar surface area (TPSA) is 46.2 Å². The first-order valence-electron chi connectivity index (χ1n) is 5.10. The zero-order chi connectivity index (χ0) is 12.3. The Morgan fingerprint density at radius 3 is 2.12 bits per heavy atom. The van der Waals surface area contributed by atoms with E-state index in [0.29, 0.717) is 4.90 Å². The van der Waals surface area contributed by atoms with Gasteiger partial charge in [0.1, 0.15) is 0 Å². The smallest absolute Gasteiger partial charge is 0.237 e. The van der Waals surface area contributed by atoms with Crippen molar-refractivity contribution < 1.29 is 9.00 Å². The Morgan fingerprint density at radius 1 is 1.19 bits per heavy atom. The summed E-state index contributed by atoms with van der Waals surface area (Å²) in [6.07, 6.45) is 0. The average molecular weight is 239 g/mol. The maximum Gasteiger partial charge on any atom is 0.237 e. The molecule has 0 aliphatic heterocycles. The second-order valence-corrected chi connectivity index (χ2v) is 5.98. The lowest BCUT2D eigenvalue weighted by atomic mass is 9.96. The van der Waals surface area contributed by atoms with Crippen LogP contribution in [0.5, 0.6) is 0 Å². The molecule has 1 aromatic carbocycles. The molecule has 0 fully saturated rings. The number of amides is 1. The van der Waals surface area contributed by atoms with Crippen LogP contribution in [0.4, 0.5) is 0 Å². The quantitative estimate of drug-likeness (QED) is 0.859. The summed E-state index contributed by atoms with van der Waals surface area (Å²) in [6, 6.07) is 7.26. The molecule has 0 saturated carbocycles. The van der Waals surface area contributed by atoms with E-state index in [1.54, 1.807) is 32.9 Å². The lowest BCUT2D eigenvalue weighted by Gasteiger charge is -2.16. The van der Waals surface area contributed by atoms with Crippen LogP contribution in [-0.4, -0.2) is 10.1 Å². The molecule has 0 radical (unpaired) electrons. The number of nitrogens with one attached hydrogen (secondary N) is 1. The molecule has 0 heterocycles. The van der Waals surface area contributed by atoms with Gasteiger partial charge in [-0.2, -0.15) is 0 Å². The van der Waals surface area contributed by atoms with Crippen molar-refractivity contribution in [3.05, 3.63) is 29.8 Å². The van der Waals surface area contributed by atoms with Gasteiger partial charge < -0.3 is 0 Å². The van der Waals surface area contributed by atoms with Crippen molar-refractivity contribution in [1.29, 1.82) is 0 Å². The van der Waals surface area contributed by atoms with Gasteiger partial charge in [0, 0.05) is 5.41 Å². The third-order valence-electron chi connectivity index (χ3n) is 2.10. The fraction of sp³-hybridized carbons (Fsp3) is 0.417. The average Bonchev–Trinajstić information content (AvgIpc) is 2.17. The van der Waals surface area contributed by atoms with Gasteiger partial charge in [-0.1, -0.05) is 38.5 Å². The minimum Gasteiger partial charge on any atom is -0.274 e. The van der Waals surface area contributed by atoms with Gasteiger partial charge in [0.25, 0.3) is 0 Å². The van der Waals surface area contributed by atoms with E-state index in [-0.39, 0.29) is 5.91 Å². The summed E-state index contributed by atoms with van der Waals surface area (Å²) < 4.78 is 14.3. The van der Waals surface area contributed by atoms with Crippen LogP contribution in [0.1, 0.15) is 26.3 Å². The molecule has 1 unspecified atom stereocenters. The molecule has 4 heteroatoms. The summed E-state index contributed by atoms with van der Waals surface area (Å²) in [6.45, 7) is 7.32. The normalized spacial score (nSPS) is 13.2. The molecule has 3 nitrogen and oxygen atoms in total. The molecule has 0 aromatic heterocycles. The van der Waals surface area contributed by atoms with Gasteiger partial charge in [0.2, 0.25) is 5.91 Å². The molecule has 1 amide bonds. The standard InChI is InChI=1S/C12H17NO2S/c1-9-5-7-10(8-6-9)16(15)13-11(14)12(2,3)4/h5-8H,1-4H3,(H,13,14). The summed E-state index contributed by atoms with van der Waals surface area (Å²) in [4.78, 5) is 12.2. The van der Waals surface area contributed by atoms with Crippen LogP contribution in [0.15, 0.2) is 29.2 Å². The van der Waals surface area contributed by atoms with Crippen LogP contribution in [0.25, 0.3) is 0 Å². The third kappa shape index (κ3) is 3.45. The van der Waals surface area contributed by atoms with E-state index >= 15 is 0 Å². The highest BCUT2D eigenvalue weighted by molar-refractivity contribution is 7.83. The maximum atomic E-state index is 11.8. The number of carbonyl (C=O) groups excluding carboxylic acids is 1. The van der Waals surface area contributed by atoms with Crippen molar-refractivity contribution >= 4 is 16.9 Å².